The van der Waals surface area contributed by atoms with E-state index in [0.29, 0.717) is 6.61 Å². The minimum Gasteiger partial charge on any atom is -0.396 e. The molecule has 0 N–H and O–H groups in total. The number of hydrogen-bond acceptors (Lipinski definition) is 4. The van der Waals surface area contributed by atoms with Gasteiger partial charge in [0.05, 0.1) is 4.88 Å². The topological polar surface area (TPSA) is 38.7 Å². The van der Waals surface area contributed by atoms with Gasteiger partial charge in [0.1, 0.15) is 6.61 Å². The lowest BCUT2D eigenvalue weighted by molar-refractivity contribution is 0.102. The molecule has 3 nitrogen and oxygen atoms in total. The van der Waals surface area contributed by atoms with E-state index in [2.05, 4.69) is 5.16 Å². The van der Waals surface area contributed by atoms with Crippen molar-refractivity contribution in [2.75, 3.05) is 6.61 Å². The van der Waals surface area contributed by atoms with E-state index in [4.69, 9.17) is 4.84 Å². The van der Waals surface area contributed by atoms with Crippen molar-refractivity contribution in [1.29, 1.82) is 0 Å². The molecule has 0 radical (unpaired) electrons. The van der Waals surface area contributed by atoms with Gasteiger partial charge in [0.2, 0.25) is 0 Å². The van der Waals surface area contributed by atoms with Crippen molar-refractivity contribution in [3.05, 3.63) is 21.9 Å². The summed E-state index contributed by atoms with van der Waals surface area (Å²) in [7, 11) is 0. The maximum absolute atomic E-state index is 11.0. The van der Waals surface area contributed by atoms with E-state index in [0.717, 1.165) is 22.6 Å². The molecular formula is C11H15NO2S. The number of ketones is 1. The summed E-state index contributed by atoms with van der Waals surface area (Å²) < 4.78 is 0. The molecule has 0 spiro atoms. The normalized spacial score (nSPS) is 10.8. The first-order chi connectivity index (χ1) is 7.24. The molecule has 0 saturated heterocycles. The van der Waals surface area contributed by atoms with Crippen molar-refractivity contribution in [2.24, 2.45) is 5.16 Å². The van der Waals surface area contributed by atoms with Gasteiger partial charge in [-0.05, 0) is 25.5 Å². The number of carbonyl (C=O) groups excluding carboxylic acids is 1. The number of hydrogen-bond donors (Lipinski definition) is 0. The Morgan fingerprint density at radius 2 is 2.40 bits per heavy atom. The molecule has 0 bridgehead atoms. The molecular weight excluding hydrogens is 210 g/mol. The van der Waals surface area contributed by atoms with Gasteiger partial charge in [-0.15, -0.1) is 11.3 Å². The predicted octanol–water partition coefficient (Wildman–Crippen LogP) is 2.91. The molecule has 82 valence electrons. The highest BCUT2D eigenvalue weighted by Crippen LogP contribution is 2.16. The van der Waals surface area contributed by atoms with Crippen LogP contribution in [0, 0.1) is 0 Å². The standard InChI is InChI=1S/C11H15NO2S/c1-3-8-14-12-7-6-10-4-5-11(15-10)9(2)13/h4-5,7H,3,6,8H2,1-2H3. The quantitative estimate of drug-likeness (QED) is 0.323. The summed E-state index contributed by atoms with van der Waals surface area (Å²) >= 11 is 1.51. The monoisotopic (exact) mass is 225 g/mol. The summed E-state index contributed by atoms with van der Waals surface area (Å²) in [6.45, 7) is 4.27. The molecule has 4 heteroatoms. The van der Waals surface area contributed by atoms with Crippen LogP contribution in [0.2, 0.25) is 0 Å². The fourth-order valence-electron chi connectivity index (χ4n) is 1.00. The predicted molar refractivity (Wildman–Crippen MR) is 62.8 cm³/mol. The maximum atomic E-state index is 11.0. The van der Waals surface area contributed by atoms with Crippen molar-refractivity contribution in [1.82, 2.24) is 0 Å². The van der Waals surface area contributed by atoms with Crippen molar-refractivity contribution >= 4 is 23.3 Å². The van der Waals surface area contributed by atoms with Crippen LogP contribution in [0.15, 0.2) is 17.3 Å². The average molecular weight is 225 g/mol. The van der Waals surface area contributed by atoms with Gasteiger partial charge >= 0.3 is 0 Å². The second-order valence-electron chi connectivity index (χ2n) is 3.15. The highest BCUT2D eigenvalue weighted by molar-refractivity contribution is 7.14. The third-order valence-electron chi connectivity index (χ3n) is 1.75. The van der Waals surface area contributed by atoms with Gasteiger partial charge in [0.25, 0.3) is 0 Å². The molecule has 1 aromatic rings. The zero-order chi connectivity index (χ0) is 11.1. The minimum absolute atomic E-state index is 0.116. The van der Waals surface area contributed by atoms with Crippen LogP contribution in [-0.2, 0) is 11.3 Å². The number of Topliss-reactive ketones (excluding diaryl/α,β-unsaturated/α-hetero) is 1. The summed E-state index contributed by atoms with van der Waals surface area (Å²) in [6, 6.07) is 3.80. The number of carbonyl (C=O) groups is 1. The largest absolute Gasteiger partial charge is 0.396 e. The first kappa shape index (κ1) is 11.9. The van der Waals surface area contributed by atoms with E-state index in [1.165, 1.54) is 11.3 Å². The molecule has 0 aliphatic rings. The zero-order valence-corrected chi connectivity index (χ0v) is 9.84. The van der Waals surface area contributed by atoms with Crippen molar-refractivity contribution in [3.63, 3.8) is 0 Å². The molecule has 1 heterocycles. The second-order valence-corrected chi connectivity index (χ2v) is 4.32. The first-order valence-electron chi connectivity index (χ1n) is 4.97. The minimum atomic E-state index is 0.116. The third-order valence-corrected chi connectivity index (χ3v) is 2.95. The molecule has 15 heavy (non-hydrogen) atoms. The Hall–Kier alpha value is -1.16. The summed E-state index contributed by atoms with van der Waals surface area (Å²) in [6.07, 6.45) is 3.41. The van der Waals surface area contributed by atoms with Crippen molar-refractivity contribution in [2.45, 2.75) is 26.7 Å². The Bertz CT molecular complexity index is 344. The molecule has 1 rings (SSSR count). The highest BCUT2D eigenvalue weighted by atomic mass is 32.1. The van der Waals surface area contributed by atoms with Gasteiger partial charge in [0, 0.05) is 17.5 Å². The molecule has 1 aromatic heterocycles. The Balaban J connectivity index is 2.37. The number of rotatable bonds is 6. The molecule has 0 amide bonds. The molecule has 0 saturated carbocycles. The molecule has 0 fully saturated rings. The summed E-state index contributed by atoms with van der Waals surface area (Å²) in [5, 5.41) is 3.81. The van der Waals surface area contributed by atoms with E-state index in [1.54, 1.807) is 13.1 Å². The van der Waals surface area contributed by atoms with Crippen LogP contribution in [0.25, 0.3) is 0 Å². The van der Waals surface area contributed by atoms with E-state index in [9.17, 15) is 4.79 Å². The molecule has 0 aliphatic heterocycles. The SMILES string of the molecule is CCCON=CCc1ccc(C(C)=O)s1. The van der Waals surface area contributed by atoms with E-state index >= 15 is 0 Å². The van der Waals surface area contributed by atoms with Crippen molar-refractivity contribution in [3.8, 4) is 0 Å². The van der Waals surface area contributed by atoms with Crippen LogP contribution >= 0.6 is 11.3 Å². The van der Waals surface area contributed by atoms with Gasteiger partial charge in [0.15, 0.2) is 5.78 Å². The molecule has 0 aromatic carbocycles. The van der Waals surface area contributed by atoms with Gasteiger partial charge < -0.3 is 4.84 Å². The Kier molecular flexibility index (Phi) is 5.04. The smallest absolute Gasteiger partial charge is 0.169 e. The van der Waals surface area contributed by atoms with E-state index < -0.39 is 0 Å². The van der Waals surface area contributed by atoms with Crippen LogP contribution in [0.5, 0.6) is 0 Å². The fraction of sp³-hybridized carbons (Fsp3) is 0.455. The lowest BCUT2D eigenvalue weighted by atomic mass is 10.3. The van der Waals surface area contributed by atoms with Gasteiger partial charge in [-0.2, -0.15) is 0 Å². The number of oxime groups is 1. The molecule has 0 atom stereocenters. The van der Waals surface area contributed by atoms with Crippen LogP contribution in [-0.4, -0.2) is 18.6 Å². The van der Waals surface area contributed by atoms with Crippen molar-refractivity contribution < 1.29 is 9.63 Å². The lowest BCUT2D eigenvalue weighted by Gasteiger charge is -1.92. The average Bonchev–Trinajstić information content (AvgIpc) is 2.66. The maximum Gasteiger partial charge on any atom is 0.169 e. The van der Waals surface area contributed by atoms with Crippen LogP contribution < -0.4 is 0 Å². The van der Waals surface area contributed by atoms with Crippen LogP contribution in [0.4, 0.5) is 0 Å². The molecule has 0 unspecified atom stereocenters. The number of thiophene rings is 1. The second kappa shape index (κ2) is 6.35. The van der Waals surface area contributed by atoms with E-state index in [-0.39, 0.29) is 5.78 Å². The lowest BCUT2D eigenvalue weighted by Crippen LogP contribution is -1.87. The zero-order valence-electron chi connectivity index (χ0n) is 9.03. The van der Waals surface area contributed by atoms with Gasteiger partial charge in [-0.3, -0.25) is 4.79 Å². The van der Waals surface area contributed by atoms with E-state index in [1.807, 2.05) is 19.1 Å². The Labute approximate surface area is 93.8 Å². The van der Waals surface area contributed by atoms with Gasteiger partial charge in [-0.1, -0.05) is 12.1 Å². The van der Waals surface area contributed by atoms with Gasteiger partial charge in [-0.25, -0.2) is 0 Å². The third kappa shape index (κ3) is 4.25. The molecule has 0 aliphatic carbocycles. The highest BCUT2D eigenvalue weighted by Gasteiger charge is 2.02. The Morgan fingerprint density at radius 1 is 1.60 bits per heavy atom. The van der Waals surface area contributed by atoms with Crippen LogP contribution in [0.3, 0.4) is 0 Å². The van der Waals surface area contributed by atoms with Crippen LogP contribution in [0.1, 0.15) is 34.8 Å². The summed E-state index contributed by atoms with van der Waals surface area (Å²) in [5.74, 6) is 0.116. The first-order valence-corrected chi connectivity index (χ1v) is 5.79. The Morgan fingerprint density at radius 3 is 3.00 bits per heavy atom. The number of nitrogens with zero attached hydrogens (tertiary/aromatic N) is 1. The fourth-order valence-corrected chi connectivity index (χ4v) is 1.86. The summed E-state index contributed by atoms with van der Waals surface area (Å²) in [5.41, 5.74) is 0. The summed E-state index contributed by atoms with van der Waals surface area (Å²) in [4.78, 5) is 17.9.